The summed E-state index contributed by atoms with van der Waals surface area (Å²) in [6.45, 7) is 0.743. The van der Waals surface area contributed by atoms with Crippen LogP contribution in [0.2, 0.25) is 0 Å². The van der Waals surface area contributed by atoms with Gasteiger partial charge in [0.05, 0.1) is 0 Å². The first-order chi connectivity index (χ1) is 7.90. The molecule has 1 amide bonds. The van der Waals surface area contributed by atoms with Crippen molar-refractivity contribution in [2.24, 2.45) is 5.73 Å². The van der Waals surface area contributed by atoms with E-state index in [4.69, 9.17) is 5.73 Å². The van der Waals surface area contributed by atoms with E-state index in [0.717, 1.165) is 17.4 Å². The van der Waals surface area contributed by atoms with E-state index in [2.05, 4.69) is 5.32 Å². The molecule has 0 unspecified atom stereocenters. The van der Waals surface area contributed by atoms with Crippen LogP contribution in [0, 0.1) is 0 Å². The zero-order valence-corrected chi connectivity index (χ0v) is 10.5. The molecule has 0 bridgehead atoms. The highest BCUT2D eigenvalue weighted by atomic mass is 32.2. The topological polar surface area (TPSA) is 89.3 Å². The van der Waals surface area contributed by atoms with Crippen LogP contribution < -0.4 is 11.1 Å². The summed E-state index contributed by atoms with van der Waals surface area (Å²) in [5.41, 5.74) is 7.36. The molecule has 3 N–H and O–H groups in total. The predicted octanol–water partition coefficient (Wildman–Crippen LogP) is -0.194. The van der Waals surface area contributed by atoms with E-state index in [1.807, 2.05) is 24.3 Å². The lowest BCUT2D eigenvalue weighted by molar-refractivity contribution is -0.118. The van der Waals surface area contributed by atoms with Gasteiger partial charge in [-0.3, -0.25) is 4.79 Å². The summed E-state index contributed by atoms with van der Waals surface area (Å²) in [5.74, 6) is -0.977. The van der Waals surface area contributed by atoms with E-state index >= 15 is 0 Å². The minimum atomic E-state index is -3.27. The quantitative estimate of drug-likeness (QED) is 0.764. The van der Waals surface area contributed by atoms with Crippen molar-refractivity contribution in [3.05, 3.63) is 35.4 Å². The maximum Gasteiger partial charge on any atom is 0.235 e. The second-order valence-corrected chi connectivity index (χ2v) is 6.01. The van der Waals surface area contributed by atoms with Crippen LogP contribution in [0.25, 0.3) is 0 Å². The van der Waals surface area contributed by atoms with E-state index < -0.39 is 21.5 Å². The molecule has 0 aromatic heterocycles. The lowest BCUT2D eigenvalue weighted by Gasteiger charge is -2.06. The molecule has 0 aliphatic carbocycles. The zero-order valence-electron chi connectivity index (χ0n) is 9.64. The first kappa shape index (κ1) is 13.7. The van der Waals surface area contributed by atoms with E-state index in [1.54, 1.807) is 0 Å². The van der Waals surface area contributed by atoms with Crippen LogP contribution >= 0.6 is 0 Å². The molecule has 1 aromatic carbocycles. The summed E-state index contributed by atoms with van der Waals surface area (Å²) in [6, 6.07) is 7.46. The van der Waals surface area contributed by atoms with Crippen LogP contribution in [-0.4, -0.2) is 26.3 Å². The van der Waals surface area contributed by atoms with Crippen molar-refractivity contribution in [2.75, 3.05) is 12.0 Å². The fourth-order valence-corrected chi connectivity index (χ4v) is 1.93. The predicted molar refractivity (Wildman–Crippen MR) is 65.9 cm³/mol. The number of benzene rings is 1. The molecule has 94 valence electrons. The number of hydrogen-bond acceptors (Lipinski definition) is 4. The third-order valence-electron chi connectivity index (χ3n) is 2.11. The summed E-state index contributed by atoms with van der Waals surface area (Å²) in [5, 5.41) is 2.55. The highest BCUT2D eigenvalue weighted by molar-refractivity contribution is 7.91. The van der Waals surface area contributed by atoms with Crippen molar-refractivity contribution in [3.8, 4) is 0 Å². The monoisotopic (exact) mass is 256 g/mol. The summed E-state index contributed by atoms with van der Waals surface area (Å²) in [7, 11) is -3.27. The number of rotatable bonds is 5. The third-order valence-corrected chi connectivity index (χ3v) is 2.90. The molecule has 1 aromatic rings. The summed E-state index contributed by atoms with van der Waals surface area (Å²) >= 11 is 0. The molecule has 0 heterocycles. The van der Waals surface area contributed by atoms with Gasteiger partial charge in [-0.2, -0.15) is 0 Å². The van der Waals surface area contributed by atoms with E-state index in [0.29, 0.717) is 13.1 Å². The van der Waals surface area contributed by atoms with Crippen LogP contribution in [0.3, 0.4) is 0 Å². The second-order valence-electron chi connectivity index (χ2n) is 3.87. The van der Waals surface area contributed by atoms with Gasteiger partial charge in [-0.1, -0.05) is 24.3 Å². The average Bonchev–Trinajstić information content (AvgIpc) is 2.24. The number of carbonyl (C=O) groups is 1. The van der Waals surface area contributed by atoms with Gasteiger partial charge in [0.1, 0.15) is 5.75 Å². The van der Waals surface area contributed by atoms with Crippen LogP contribution in [0.5, 0.6) is 0 Å². The molecule has 0 radical (unpaired) electrons. The Kier molecular flexibility index (Phi) is 4.65. The minimum Gasteiger partial charge on any atom is -0.351 e. The van der Waals surface area contributed by atoms with Crippen LogP contribution in [0.15, 0.2) is 24.3 Å². The second kappa shape index (κ2) is 5.79. The van der Waals surface area contributed by atoms with E-state index in [1.165, 1.54) is 0 Å². The minimum absolute atomic E-state index is 0.308. The van der Waals surface area contributed by atoms with Gasteiger partial charge < -0.3 is 11.1 Å². The Balaban J connectivity index is 2.53. The van der Waals surface area contributed by atoms with Crippen molar-refractivity contribution in [1.82, 2.24) is 5.32 Å². The van der Waals surface area contributed by atoms with Gasteiger partial charge in [0, 0.05) is 19.3 Å². The number of carbonyl (C=O) groups excluding carboxylic acids is 1. The Morgan fingerprint density at radius 1 is 1.35 bits per heavy atom. The Labute approximate surface area is 101 Å². The normalized spacial score (nSPS) is 11.2. The van der Waals surface area contributed by atoms with Crippen LogP contribution in [-0.2, 0) is 27.7 Å². The van der Waals surface area contributed by atoms with Gasteiger partial charge in [-0.05, 0) is 11.1 Å². The number of amides is 1. The number of nitrogens with one attached hydrogen (secondary N) is 1. The lowest BCUT2D eigenvalue weighted by atomic mass is 10.1. The van der Waals surface area contributed by atoms with Crippen molar-refractivity contribution in [1.29, 1.82) is 0 Å². The van der Waals surface area contributed by atoms with Crippen molar-refractivity contribution >= 4 is 15.7 Å². The molecule has 0 fully saturated rings. The molecule has 0 aliphatic heterocycles. The number of hydrogen-bond donors (Lipinski definition) is 2. The van der Waals surface area contributed by atoms with Gasteiger partial charge in [-0.15, -0.1) is 0 Å². The van der Waals surface area contributed by atoms with E-state index in [-0.39, 0.29) is 0 Å². The number of nitrogens with two attached hydrogens (primary N) is 1. The van der Waals surface area contributed by atoms with Crippen molar-refractivity contribution in [2.45, 2.75) is 13.1 Å². The molecule has 1 rings (SSSR count). The fraction of sp³-hybridized carbons (Fsp3) is 0.364. The average molecular weight is 256 g/mol. The molecule has 0 aliphatic rings. The van der Waals surface area contributed by atoms with E-state index in [9.17, 15) is 13.2 Å². The Morgan fingerprint density at radius 3 is 2.59 bits per heavy atom. The number of sulfone groups is 1. The van der Waals surface area contributed by atoms with Gasteiger partial charge in [0.25, 0.3) is 0 Å². The third kappa shape index (κ3) is 5.46. The fourth-order valence-electron chi connectivity index (χ4n) is 1.36. The maximum absolute atomic E-state index is 11.3. The largest absolute Gasteiger partial charge is 0.351 e. The highest BCUT2D eigenvalue weighted by Gasteiger charge is 2.09. The lowest BCUT2D eigenvalue weighted by Crippen LogP contribution is -2.29. The summed E-state index contributed by atoms with van der Waals surface area (Å²) in [4.78, 5) is 11.3. The van der Waals surface area contributed by atoms with Crippen LogP contribution in [0.1, 0.15) is 11.1 Å². The molecule has 17 heavy (non-hydrogen) atoms. The zero-order chi connectivity index (χ0) is 12.9. The molecule has 0 atom stereocenters. The Hall–Kier alpha value is -1.40. The maximum atomic E-state index is 11.3. The molecule has 6 heteroatoms. The van der Waals surface area contributed by atoms with Gasteiger partial charge in [0.15, 0.2) is 9.84 Å². The van der Waals surface area contributed by atoms with Gasteiger partial charge in [0.2, 0.25) is 5.91 Å². The Bertz CT molecular complexity index is 497. The molecule has 0 saturated heterocycles. The van der Waals surface area contributed by atoms with Crippen molar-refractivity contribution in [3.63, 3.8) is 0 Å². The Morgan fingerprint density at radius 2 is 2.00 bits per heavy atom. The summed E-state index contributed by atoms with van der Waals surface area (Å²) < 4.78 is 21.8. The van der Waals surface area contributed by atoms with Crippen LogP contribution in [0.4, 0.5) is 0 Å². The molecule has 5 nitrogen and oxygen atoms in total. The first-order valence-electron chi connectivity index (χ1n) is 5.13. The smallest absolute Gasteiger partial charge is 0.235 e. The molecular weight excluding hydrogens is 240 g/mol. The van der Waals surface area contributed by atoms with Crippen molar-refractivity contribution < 1.29 is 13.2 Å². The first-order valence-corrected chi connectivity index (χ1v) is 7.19. The highest BCUT2D eigenvalue weighted by Crippen LogP contribution is 2.04. The SMILES string of the molecule is CS(=O)(=O)CC(=O)NCc1cccc(CN)c1. The molecular formula is C11H16N2O3S. The van der Waals surface area contributed by atoms with Gasteiger partial charge in [-0.25, -0.2) is 8.42 Å². The van der Waals surface area contributed by atoms with Gasteiger partial charge >= 0.3 is 0 Å². The molecule has 0 saturated carbocycles. The summed E-state index contributed by atoms with van der Waals surface area (Å²) in [6.07, 6.45) is 1.03. The standard InChI is InChI=1S/C11H16N2O3S/c1-17(15,16)8-11(14)13-7-10-4-2-3-9(5-10)6-12/h2-5H,6-8,12H2,1H3,(H,13,14). The molecule has 0 spiro atoms.